The zero-order valence-electron chi connectivity index (χ0n) is 21.1. The van der Waals surface area contributed by atoms with Gasteiger partial charge in [0.25, 0.3) is 11.5 Å². The van der Waals surface area contributed by atoms with E-state index in [0.717, 1.165) is 53.4 Å². The Kier molecular flexibility index (Phi) is 9.47. The third-order valence-corrected chi connectivity index (χ3v) is 7.97. The van der Waals surface area contributed by atoms with Crippen molar-refractivity contribution in [1.29, 1.82) is 0 Å². The summed E-state index contributed by atoms with van der Waals surface area (Å²) in [7, 11) is 1.53. The molecule has 9 nitrogen and oxygen atoms in total. The maximum atomic E-state index is 13.1. The number of ether oxygens (including phenoxy) is 1. The fraction of sp³-hybridized carbons (Fsp3) is 0.462. The molecule has 1 saturated heterocycles. The molecule has 11 heteroatoms. The standard InChI is InChI=1S/C26H32ClIN6O3/c1-3-4-10-34-21-8-7-19(11-18(21)12-22(25(34)36)37-16-23(35)29-2)31-24-20(27)14-30-26(32-24)33-9-5-6-17(13-28)15-33/h7-8,11-12,14,17H,3-6,9-10,13,15-16H2,1-2H3,(H,29,35)(H,30,31,32). The monoisotopic (exact) mass is 638 g/mol. The molecule has 0 radical (unpaired) electrons. The molecule has 1 atom stereocenters. The van der Waals surface area contributed by atoms with Gasteiger partial charge in [-0.1, -0.05) is 47.5 Å². The molecule has 2 aromatic heterocycles. The predicted molar refractivity (Wildman–Crippen MR) is 157 cm³/mol. The first-order valence-electron chi connectivity index (χ1n) is 12.5. The number of hydrogen-bond acceptors (Lipinski definition) is 7. The molecule has 1 amide bonds. The van der Waals surface area contributed by atoms with Crippen molar-refractivity contribution in [1.82, 2.24) is 19.9 Å². The maximum Gasteiger partial charge on any atom is 0.293 e. The number of pyridine rings is 1. The molecular formula is C26H32ClIN6O3. The van der Waals surface area contributed by atoms with E-state index >= 15 is 0 Å². The number of nitrogens with zero attached hydrogens (tertiary/aromatic N) is 4. The van der Waals surface area contributed by atoms with Crippen molar-refractivity contribution in [3.63, 3.8) is 0 Å². The highest BCUT2D eigenvalue weighted by Crippen LogP contribution is 2.29. The van der Waals surface area contributed by atoms with E-state index in [1.807, 2.05) is 18.2 Å². The molecule has 198 valence electrons. The Bertz CT molecular complexity index is 1320. The number of nitrogens with one attached hydrogen (secondary N) is 2. The number of fused-ring (bicyclic) bond motifs is 1. The van der Waals surface area contributed by atoms with Gasteiger partial charge in [-0.2, -0.15) is 4.98 Å². The summed E-state index contributed by atoms with van der Waals surface area (Å²) in [6, 6.07) is 7.41. The number of hydrogen-bond donors (Lipinski definition) is 2. The Morgan fingerprint density at radius 3 is 2.92 bits per heavy atom. The number of amides is 1. The van der Waals surface area contributed by atoms with Crippen LogP contribution in [0.15, 0.2) is 35.3 Å². The van der Waals surface area contributed by atoms with Crippen molar-refractivity contribution in [2.24, 2.45) is 5.92 Å². The lowest BCUT2D eigenvalue weighted by molar-refractivity contribution is -0.122. The topological polar surface area (TPSA) is 101 Å². The number of unbranched alkanes of at least 4 members (excludes halogenated alkanes) is 1. The van der Waals surface area contributed by atoms with E-state index in [1.165, 1.54) is 13.5 Å². The number of rotatable bonds is 10. The minimum absolute atomic E-state index is 0.140. The maximum absolute atomic E-state index is 13.1. The van der Waals surface area contributed by atoms with Gasteiger partial charge >= 0.3 is 0 Å². The highest BCUT2D eigenvalue weighted by atomic mass is 127. The van der Waals surface area contributed by atoms with Gasteiger partial charge < -0.3 is 24.8 Å². The van der Waals surface area contributed by atoms with Crippen molar-refractivity contribution >= 4 is 68.5 Å². The van der Waals surface area contributed by atoms with Crippen LogP contribution in [0.2, 0.25) is 5.02 Å². The van der Waals surface area contributed by atoms with E-state index in [0.29, 0.717) is 29.3 Å². The lowest BCUT2D eigenvalue weighted by Gasteiger charge is -2.32. The van der Waals surface area contributed by atoms with E-state index in [4.69, 9.17) is 21.3 Å². The van der Waals surface area contributed by atoms with Gasteiger partial charge in [0.15, 0.2) is 18.2 Å². The third kappa shape index (κ3) is 6.64. The normalized spacial score (nSPS) is 15.6. The van der Waals surface area contributed by atoms with Crippen molar-refractivity contribution in [2.75, 3.05) is 41.4 Å². The second kappa shape index (κ2) is 12.8. The molecular weight excluding hydrogens is 607 g/mol. The number of piperidine rings is 1. The molecule has 37 heavy (non-hydrogen) atoms. The van der Waals surface area contributed by atoms with E-state index in [2.05, 4.69) is 50.0 Å². The number of benzene rings is 1. The van der Waals surface area contributed by atoms with Crippen LogP contribution in [0.1, 0.15) is 32.6 Å². The number of halogens is 2. The van der Waals surface area contributed by atoms with Crippen LogP contribution >= 0.6 is 34.2 Å². The first-order valence-corrected chi connectivity index (χ1v) is 14.4. The van der Waals surface area contributed by atoms with Crippen LogP contribution in [0.5, 0.6) is 5.75 Å². The van der Waals surface area contributed by atoms with Gasteiger partial charge in [-0.05, 0) is 49.4 Å². The number of carbonyl (C=O) groups excluding carboxylic acids is 1. The molecule has 0 saturated carbocycles. The summed E-state index contributed by atoms with van der Waals surface area (Å²) >= 11 is 8.90. The Labute approximate surface area is 235 Å². The van der Waals surface area contributed by atoms with Crippen molar-refractivity contribution in [2.45, 2.75) is 39.2 Å². The van der Waals surface area contributed by atoms with Gasteiger partial charge in [0, 0.05) is 42.2 Å². The molecule has 1 fully saturated rings. The van der Waals surface area contributed by atoms with Crippen LogP contribution in [0.25, 0.3) is 10.9 Å². The van der Waals surface area contributed by atoms with Gasteiger partial charge in [-0.25, -0.2) is 4.98 Å². The fourth-order valence-corrected chi connectivity index (χ4v) is 5.26. The van der Waals surface area contributed by atoms with E-state index < -0.39 is 0 Å². The number of alkyl halides is 1. The smallest absolute Gasteiger partial charge is 0.293 e. The lowest BCUT2D eigenvalue weighted by Crippen LogP contribution is -2.37. The second-order valence-electron chi connectivity index (χ2n) is 9.15. The minimum atomic E-state index is -0.303. The average Bonchev–Trinajstić information content (AvgIpc) is 2.92. The fourth-order valence-electron chi connectivity index (χ4n) is 4.40. The second-order valence-corrected chi connectivity index (χ2v) is 10.4. The molecule has 1 aliphatic heterocycles. The molecule has 0 aliphatic carbocycles. The zero-order chi connectivity index (χ0) is 26.4. The molecule has 4 rings (SSSR count). The van der Waals surface area contributed by atoms with Crippen LogP contribution in [0.4, 0.5) is 17.5 Å². The molecule has 1 aliphatic rings. The number of carbonyl (C=O) groups is 1. The molecule has 2 N–H and O–H groups in total. The summed E-state index contributed by atoms with van der Waals surface area (Å²) in [6.45, 7) is 4.28. The third-order valence-electron chi connectivity index (χ3n) is 6.45. The van der Waals surface area contributed by atoms with Crippen molar-refractivity contribution in [3.05, 3.63) is 45.8 Å². The summed E-state index contributed by atoms with van der Waals surface area (Å²) in [4.78, 5) is 36.2. The van der Waals surface area contributed by atoms with Crippen LogP contribution in [-0.4, -0.2) is 51.6 Å². The predicted octanol–water partition coefficient (Wildman–Crippen LogP) is 4.76. The van der Waals surface area contributed by atoms with Gasteiger partial charge in [-0.15, -0.1) is 0 Å². The zero-order valence-corrected chi connectivity index (χ0v) is 24.0. The average molecular weight is 639 g/mol. The Morgan fingerprint density at radius 2 is 2.16 bits per heavy atom. The summed E-state index contributed by atoms with van der Waals surface area (Å²) < 4.78 is 8.40. The van der Waals surface area contributed by atoms with Gasteiger partial charge in [0.05, 0.1) is 11.7 Å². The Balaban J connectivity index is 1.65. The SMILES string of the molecule is CCCCn1c(=O)c(OCC(=O)NC)cc2cc(Nc3nc(N4CCCC(CI)C4)ncc3Cl)ccc21. The van der Waals surface area contributed by atoms with E-state index in [1.54, 1.807) is 16.8 Å². The first-order chi connectivity index (χ1) is 17.9. The van der Waals surface area contributed by atoms with Gasteiger partial charge in [0.1, 0.15) is 5.02 Å². The Morgan fingerprint density at radius 1 is 1.32 bits per heavy atom. The molecule has 1 aromatic carbocycles. The molecule has 3 heterocycles. The number of aryl methyl sites for hydroxylation is 1. The largest absolute Gasteiger partial charge is 0.478 e. The summed E-state index contributed by atoms with van der Waals surface area (Å²) in [5.74, 6) is 1.67. The number of likely N-dealkylation sites (N-methyl/N-ethyl adjacent to an activating group) is 1. The van der Waals surface area contributed by atoms with Gasteiger partial charge in [0.2, 0.25) is 5.95 Å². The molecule has 0 spiro atoms. The molecule has 1 unspecified atom stereocenters. The van der Waals surface area contributed by atoms with E-state index in [9.17, 15) is 9.59 Å². The van der Waals surface area contributed by atoms with Crippen LogP contribution in [-0.2, 0) is 11.3 Å². The first kappa shape index (κ1) is 27.4. The van der Waals surface area contributed by atoms with Gasteiger partial charge in [-0.3, -0.25) is 9.59 Å². The summed E-state index contributed by atoms with van der Waals surface area (Å²) in [5.41, 5.74) is 1.31. The Hall–Kier alpha value is -2.60. The summed E-state index contributed by atoms with van der Waals surface area (Å²) in [5, 5.41) is 7.06. The molecule has 3 aromatic rings. The van der Waals surface area contributed by atoms with Crippen LogP contribution in [0.3, 0.4) is 0 Å². The van der Waals surface area contributed by atoms with Crippen LogP contribution in [0, 0.1) is 5.92 Å². The van der Waals surface area contributed by atoms with E-state index in [-0.39, 0.29) is 23.8 Å². The highest BCUT2D eigenvalue weighted by Gasteiger charge is 2.22. The lowest BCUT2D eigenvalue weighted by atomic mass is 10.0. The van der Waals surface area contributed by atoms with Crippen molar-refractivity contribution in [3.8, 4) is 5.75 Å². The quantitative estimate of drug-likeness (QED) is 0.244. The summed E-state index contributed by atoms with van der Waals surface area (Å²) in [6.07, 6.45) is 5.78. The molecule has 0 bridgehead atoms. The minimum Gasteiger partial charge on any atom is -0.478 e. The number of anilines is 3. The van der Waals surface area contributed by atoms with Crippen molar-refractivity contribution < 1.29 is 9.53 Å². The number of aromatic nitrogens is 3. The van der Waals surface area contributed by atoms with Crippen LogP contribution < -0.4 is 25.8 Å². The highest BCUT2D eigenvalue weighted by molar-refractivity contribution is 14.1.